The van der Waals surface area contributed by atoms with Gasteiger partial charge in [0.05, 0.1) is 0 Å². The molecule has 0 unspecified atom stereocenters. The summed E-state index contributed by atoms with van der Waals surface area (Å²) in [6.45, 7) is 0. The van der Waals surface area contributed by atoms with Crippen LogP contribution in [0.4, 0.5) is 0 Å². The van der Waals surface area contributed by atoms with Crippen molar-refractivity contribution in [3.63, 3.8) is 0 Å². The standard InChI is InChI=1S/C25H31/c1-3-11-20(12-4-1)24-17-9-7-15-22(24)19-23-16-8-10-18-25(23)21-13-5-2-6-14-21/h7-10,15-21H,1-6,11-14H2. The Hall–Kier alpha value is -1.56. The average Bonchev–Trinajstić information content (AvgIpc) is 2.70. The van der Waals surface area contributed by atoms with Gasteiger partial charge in [-0.15, -0.1) is 0 Å². The molecule has 0 N–H and O–H groups in total. The van der Waals surface area contributed by atoms with E-state index in [9.17, 15) is 0 Å². The van der Waals surface area contributed by atoms with Crippen molar-refractivity contribution in [1.29, 1.82) is 0 Å². The fraction of sp³-hybridized carbons (Fsp3) is 0.480. The van der Waals surface area contributed by atoms with Gasteiger partial charge in [-0.1, -0.05) is 87.1 Å². The van der Waals surface area contributed by atoms with Gasteiger partial charge >= 0.3 is 0 Å². The summed E-state index contributed by atoms with van der Waals surface area (Å²) in [7, 11) is 0. The molecule has 2 fully saturated rings. The Morgan fingerprint density at radius 3 is 1.36 bits per heavy atom. The van der Waals surface area contributed by atoms with Gasteiger partial charge in [0.15, 0.2) is 0 Å². The maximum atomic E-state index is 2.48. The molecule has 2 aliphatic rings. The lowest BCUT2D eigenvalue weighted by molar-refractivity contribution is 0.441. The van der Waals surface area contributed by atoms with E-state index in [0.717, 1.165) is 11.8 Å². The van der Waals surface area contributed by atoms with E-state index in [4.69, 9.17) is 0 Å². The Bertz CT molecular complexity index is 612. The summed E-state index contributed by atoms with van der Waals surface area (Å²) in [5.41, 5.74) is 6.08. The van der Waals surface area contributed by atoms with E-state index in [1.807, 2.05) is 0 Å². The summed E-state index contributed by atoms with van der Waals surface area (Å²) in [5, 5.41) is 0. The normalized spacial score (nSPS) is 19.8. The molecule has 2 saturated carbocycles. The van der Waals surface area contributed by atoms with Crippen molar-refractivity contribution in [2.75, 3.05) is 0 Å². The molecule has 25 heavy (non-hydrogen) atoms. The van der Waals surface area contributed by atoms with Gasteiger partial charge in [-0.05, 0) is 59.8 Å². The second-order valence-electron chi connectivity index (χ2n) is 8.07. The molecule has 0 bridgehead atoms. The molecule has 2 aromatic rings. The highest BCUT2D eigenvalue weighted by atomic mass is 14.3. The van der Waals surface area contributed by atoms with Crippen molar-refractivity contribution in [3.05, 3.63) is 77.2 Å². The molecule has 0 atom stereocenters. The maximum absolute atomic E-state index is 2.48. The lowest BCUT2D eigenvalue weighted by Gasteiger charge is -2.26. The van der Waals surface area contributed by atoms with Crippen molar-refractivity contribution < 1.29 is 0 Å². The van der Waals surface area contributed by atoms with Gasteiger partial charge in [0.1, 0.15) is 0 Å². The van der Waals surface area contributed by atoms with Crippen molar-refractivity contribution in [2.24, 2.45) is 0 Å². The molecule has 4 rings (SSSR count). The monoisotopic (exact) mass is 331 g/mol. The van der Waals surface area contributed by atoms with Crippen molar-refractivity contribution >= 4 is 0 Å². The molecule has 0 saturated heterocycles. The minimum absolute atomic E-state index is 0.767. The number of hydrogen-bond acceptors (Lipinski definition) is 0. The first kappa shape index (κ1) is 16.9. The van der Waals surface area contributed by atoms with Crippen LogP contribution in [-0.4, -0.2) is 0 Å². The van der Waals surface area contributed by atoms with Crippen LogP contribution in [0.2, 0.25) is 0 Å². The average molecular weight is 332 g/mol. The maximum Gasteiger partial charge on any atom is 0.0205 e. The van der Waals surface area contributed by atoms with Crippen LogP contribution in [0.1, 0.15) is 98.3 Å². The summed E-state index contributed by atoms with van der Waals surface area (Å²) in [6.07, 6.45) is 16.4. The molecule has 0 spiro atoms. The van der Waals surface area contributed by atoms with Crippen LogP contribution in [0.25, 0.3) is 0 Å². The second-order valence-corrected chi connectivity index (χ2v) is 8.07. The minimum atomic E-state index is 0.767. The summed E-state index contributed by atoms with van der Waals surface area (Å²) in [6, 6.07) is 18.3. The minimum Gasteiger partial charge on any atom is -0.0620 e. The van der Waals surface area contributed by atoms with E-state index in [0.29, 0.717) is 0 Å². The molecule has 0 nitrogen and oxygen atoms in total. The van der Waals surface area contributed by atoms with Gasteiger partial charge < -0.3 is 0 Å². The Kier molecular flexibility index (Phi) is 5.55. The van der Waals surface area contributed by atoms with E-state index in [1.54, 1.807) is 11.1 Å². The largest absolute Gasteiger partial charge is 0.0620 e. The third-order valence-electron chi connectivity index (χ3n) is 6.39. The Balaban J connectivity index is 1.60. The van der Waals surface area contributed by atoms with Crippen LogP contribution in [-0.2, 0) is 0 Å². The van der Waals surface area contributed by atoms with Gasteiger partial charge in [0, 0.05) is 6.42 Å². The molecular weight excluding hydrogens is 300 g/mol. The molecule has 0 amide bonds. The summed E-state index contributed by atoms with van der Waals surface area (Å²) in [5.74, 6) is 1.53. The lowest BCUT2D eigenvalue weighted by Crippen LogP contribution is -2.09. The Morgan fingerprint density at radius 1 is 0.520 bits per heavy atom. The van der Waals surface area contributed by atoms with Crippen LogP contribution >= 0.6 is 0 Å². The predicted octanol–water partition coefficient (Wildman–Crippen LogP) is 7.38. The first-order chi connectivity index (χ1) is 12.4. The zero-order chi connectivity index (χ0) is 16.9. The Labute approximate surface area is 153 Å². The van der Waals surface area contributed by atoms with E-state index in [2.05, 4.69) is 55.0 Å². The lowest BCUT2D eigenvalue weighted by atomic mass is 9.78. The van der Waals surface area contributed by atoms with Gasteiger partial charge in [-0.3, -0.25) is 0 Å². The molecule has 2 aromatic carbocycles. The summed E-state index contributed by atoms with van der Waals surface area (Å²) < 4.78 is 0. The van der Waals surface area contributed by atoms with E-state index >= 15 is 0 Å². The van der Waals surface area contributed by atoms with Crippen molar-refractivity contribution in [3.8, 4) is 0 Å². The second kappa shape index (κ2) is 8.21. The van der Waals surface area contributed by atoms with E-state index in [-0.39, 0.29) is 0 Å². The summed E-state index contributed by atoms with van der Waals surface area (Å²) in [4.78, 5) is 0. The molecule has 1 radical (unpaired) electrons. The molecule has 0 aromatic heterocycles. The molecular formula is C25H31. The van der Waals surface area contributed by atoms with E-state index < -0.39 is 0 Å². The number of rotatable bonds is 4. The fourth-order valence-electron chi connectivity index (χ4n) is 5.02. The highest BCUT2D eigenvalue weighted by molar-refractivity contribution is 5.47. The molecule has 131 valence electrons. The quantitative estimate of drug-likeness (QED) is 0.548. The smallest absolute Gasteiger partial charge is 0.0205 e. The van der Waals surface area contributed by atoms with Gasteiger partial charge in [-0.25, -0.2) is 0 Å². The van der Waals surface area contributed by atoms with E-state index in [1.165, 1.54) is 75.3 Å². The van der Waals surface area contributed by atoms with Gasteiger partial charge in [0.2, 0.25) is 0 Å². The first-order valence-corrected chi connectivity index (χ1v) is 10.4. The van der Waals surface area contributed by atoms with Crippen LogP contribution in [0, 0.1) is 6.42 Å². The third kappa shape index (κ3) is 4.00. The summed E-state index contributed by atoms with van der Waals surface area (Å²) >= 11 is 0. The number of hydrogen-bond donors (Lipinski definition) is 0. The highest BCUT2D eigenvalue weighted by Crippen LogP contribution is 2.38. The molecule has 0 heteroatoms. The molecule has 0 aliphatic heterocycles. The molecule has 2 aliphatic carbocycles. The van der Waals surface area contributed by atoms with Crippen LogP contribution in [0.15, 0.2) is 48.5 Å². The number of benzene rings is 2. The van der Waals surface area contributed by atoms with Gasteiger partial charge in [0.25, 0.3) is 0 Å². The van der Waals surface area contributed by atoms with Crippen molar-refractivity contribution in [2.45, 2.75) is 76.0 Å². The Morgan fingerprint density at radius 2 is 0.920 bits per heavy atom. The van der Waals surface area contributed by atoms with Crippen LogP contribution < -0.4 is 0 Å². The van der Waals surface area contributed by atoms with Crippen LogP contribution in [0.3, 0.4) is 0 Å². The molecule has 0 heterocycles. The SMILES string of the molecule is [CH](c1ccccc1C1CCCCC1)c1ccccc1C1CCCCC1. The third-order valence-corrected chi connectivity index (χ3v) is 6.39. The first-order valence-electron chi connectivity index (χ1n) is 10.4. The fourth-order valence-corrected chi connectivity index (χ4v) is 5.02. The highest BCUT2D eigenvalue weighted by Gasteiger charge is 2.21. The zero-order valence-corrected chi connectivity index (χ0v) is 15.4. The van der Waals surface area contributed by atoms with Crippen molar-refractivity contribution in [1.82, 2.24) is 0 Å². The van der Waals surface area contributed by atoms with Crippen LogP contribution in [0.5, 0.6) is 0 Å². The topological polar surface area (TPSA) is 0 Å². The predicted molar refractivity (Wildman–Crippen MR) is 107 cm³/mol. The zero-order valence-electron chi connectivity index (χ0n) is 15.4. The van der Waals surface area contributed by atoms with Gasteiger partial charge in [-0.2, -0.15) is 0 Å².